The Labute approximate surface area is 215 Å². The number of esters is 2. The van der Waals surface area contributed by atoms with Crippen molar-refractivity contribution >= 4 is 11.9 Å². The van der Waals surface area contributed by atoms with Crippen molar-refractivity contribution < 1.29 is 43.1 Å². The lowest BCUT2D eigenvalue weighted by Gasteiger charge is -2.44. The van der Waals surface area contributed by atoms with Gasteiger partial charge in [0.25, 0.3) is 0 Å². The molecular formula is C27H44O9. The minimum absolute atomic E-state index is 0.116. The molecule has 0 saturated carbocycles. The normalized spacial score (nSPS) is 29.9. The zero-order valence-electron chi connectivity index (χ0n) is 22.9. The van der Waals surface area contributed by atoms with E-state index >= 15 is 0 Å². The minimum atomic E-state index is -0.895. The van der Waals surface area contributed by atoms with E-state index in [2.05, 4.69) is 0 Å². The summed E-state index contributed by atoms with van der Waals surface area (Å²) < 4.78 is 34.2. The summed E-state index contributed by atoms with van der Waals surface area (Å²) in [5.74, 6) is -0.806. The summed E-state index contributed by atoms with van der Waals surface area (Å²) in [5.41, 5.74) is -1.40. The number of carbonyl (C=O) groups excluding carboxylic acids is 2. The number of aliphatic hydroxyl groups is 1. The van der Waals surface area contributed by atoms with Gasteiger partial charge in [0, 0.05) is 20.8 Å². The van der Waals surface area contributed by atoms with Crippen molar-refractivity contribution in [3.8, 4) is 0 Å². The predicted octanol–water partition coefficient (Wildman–Crippen LogP) is 2.98. The van der Waals surface area contributed by atoms with E-state index in [1.807, 2.05) is 12.2 Å². The highest BCUT2D eigenvalue weighted by Crippen LogP contribution is 2.32. The molecule has 0 aliphatic carbocycles. The van der Waals surface area contributed by atoms with Crippen molar-refractivity contribution in [3.05, 3.63) is 24.3 Å². The first-order valence-electron chi connectivity index (χ1n) is 12.5. The molecule has 36 heavy (non-hydrogen) atoms. The number of hydrogen-bond acceptors (Lipinski definition) is 9. The molecule has 2 heterocycles. The molecule has 206 valence electrons. The standard InChI is InChI=1S/C27H44O9/c1-26(2,3)24(29)33-16-18(35-25(30)27(4,5)6)13-12-17-10-9-11-19-23(34-17)21(28)22(32-8)20(36-19)14-15-31-7/h9-10,12-13,17-23,28H,11,14-16H2,1-8H3/b13-12+/t17-,18+,19+,20-,21+,22-,23+/m1/s1. The van der Waals surface area contributed by atoms with Crippen LogP contribution in [0.4, 0.5) is 0 Å². The third-order valence-corrected chi connectivity index (χ3v) is 6.02. The first-order valence-corrected chi connectivity index (χ1v) is 12.5. The number of aliphatic hydroxyl groups excluding tert-OH is 1. The Hall–Kier alpha value is -1.78. The molecule has 9 nitrogen and oxygen atoms in total. The van der Waals surface area contributed by atoms with Crippen molar-refractivity contribution in [1.82, 2.24) is 0 Å². The summed E-state index contributed by atoms with van der Waals surface area (Å²) >= 11 is 0. The van der Waals surface area contributed by atoms with Crippen LogP contribution in [0, 0.1) is 10.8 Å². The molecule has 2 aliphatic rings. The van der Waals surface area contributed by atoms with E-state index in [1.54, 1.807) is 60.8 Å². The third-order valence-electron chi connectivity index (χ3n) is 6.02. The molecule has 9 heteroatoms. The molecule has 2 aliphatic heterocycles. The molecular weight excluding hydrogens is 468 g/mol. The van der Waals surface area contributed by atoms with Crippen molar-refractivity contribution in [3.63, 3.8) is 0 Å². The van der Waals surface area contributed by atoms with Gasteiger partial charge in [0.1, 0.15) is 24.9 Å². The lowest BCUT2D eigenvalue weighted by molar-refractivity contribution is -0.243. The zero-order chi connectivity index (χ0) is 27.1. The van der Waals surface area contributed by atoms with E-state index in [4.69, 9.17) is 28.4 Å². The van der Waals surface area contributed by atoms with Crippen molar-refractivity contribution in [2.75, 3.05) is 27.4 Å². The molecule has 0 aromatic heterocycles. The van der Waals surface area contributed by atoms with Gasteiger partial charge in [0.2, 0.25) is 0 Å². The van der Waals surface area contributed by atoms with Crippen LogP contribution in [0.25, 0.3) is 0 Å². The summed E-state index contributed by atoms with van der Waals surface area (Å²) in [6.45, 7) is 10.9. The molecule has 0 aromatic rings. The fraction of sp³-hybridized carbons (Fsp3) is 0.778. The van der Waals surface area contributed by atoms with E-state index in [9.17, 15) is 14.7 Å². The van der Waals surface area contributed by atoms with Crippen LogP contribution in [0.15, 0.2) is 24.3 Å². The van der Waals surface area contributed by atoms with E-state index in [1.165, 1.54) is 7.11 Å². The van der Waals surface area contributed by atoms with E-state index in [0.29, 0.717) is 19.4 Å². The first-order chi connectivity index (χ1) is 16.8. The molecule has 2 rings (SSSR count). The molecule has 7 atom stereocenters. The quantitative estimate of drug-likeness (QED) is 0.368. The molecule has 1 N–H and O–H groups in total. The van der Waals surface area contributed by atoms with E-state index in [0.717, 1.165) is 0 Å². The predicted molar refractivity (Wildman–Crippen MR) is 133 cm³/mol. The van der Waals surface area contributed by atoms with Crippen LogP contribution < -0.4 is 0 Å². The minimum Gasteiger partial charge on any atom is -0.461 e. The van der Waals surface area contributed by atoms with Crippen LogP contribution in [-0.2, 0) is 38.0 Å². The maximum absolute atomic E-state index is 12.5. The number of methoxy groups -OCH3 is 2. The lowest BCUT2D eigenvalue weighted by Crippen LogP contribution is -2.59. The third kappa shape index (κ3) is 8.66. The number of fused-ring (bicyclic) bond motifs is 1. The van der Waals surface area contributed by atoms with Gasteiger partial charge in [-0.1, -0.05) is 18.2 Å². The van der Waals surface area contributed by atoms with Crippen molar-refractivity contribution in [1.29, 1.82) is 0 Å². The zero-order valence-corrected chi connectivity index (χ0v) is 22.9. The van der Waals surface area contributed by atoms with Crippen LogP contribution in [0.3, 0.4) is 0 Å². The lowest BCUT2D eigenvalue weighted by atomic mass is 9.92. The SMILES string of the molecule is COCC[C@H]1O[C@H]2CC=C[C@H](/C=C/[C@@H](COC(=O)C(C)(C)C)OC(=O)C(C)(C)C)O[C@@H]2[C@@H](O)[C@@H]1OC. The second-order valence-electron chi connectivity index (χ2n) is 11.3. The summed E-state index contributed by atoms with van der Waals surface area (Å²) in [4.78, 5) is 24.8. The van der Waals surface area contributed by atoms with Gasteiger partial charge >= 0.3 is 11.9 Å². The van der Waals surface area contributed by atoms with Crippen molar-refractivity contribution in [2.45, 2.75) is 97.1 Å². The summed E-state index contributed by atoms with van der Waals surface area (Å²) in [6.07, 6.45) is 4.33. The molecule has 0 unspecified atom stereocenters. The Morgan fingerprint density at radius 1 is 1.08 bits per heavy atom. The van der Waals surface area contributed by atoms with Gasteiger partial charge < -0.3 is 33.5 Å². The Balaban J connectivity index is 2.13. The Morgan fingerprint density at radius 3 is 2.33 bits per heavy atom. The molecule has 0 radical (unpaired) electrons. The Bertz CT molecular complexity index is 777. The average molecular weight is 513 g/mol. The van der Waals surface area contributed by atoms with Gasteiger partial charge in [-0.2, -0.15) is 0 Å². The molecule has 1 saturated heterocycles. The van der Waals surface area contributed by atoms with Gasteiger partial charge in [0.15, 0.2) is 6.10 Å². The molecule has 0 bridgehead atoms. The second kappa shape index (κ2) is 13.1. The highest BCUT2D eigenvalue weighted by atomic mass is 16.6. The maximum Gasteiger partial charge on any atom is 0.311 e. The number of hydrogen-bond donors (Lipinski definition) is 1. The Morgan fingerprint density at radius 2 is 1.75 bits per heavy atom. The number of ether oxygens (including phenoxy) is 6. The molecule has 0 aromatic carbocycles. The summed E-state index contributed by atoms with van der Waals surface area (Å²) in [5, 5.41) is 11.0. The van der Waals surface area contributed by atoms with Crippen LogP contribution >= 0.6 is 0 Å². The monoisotopic (exact) mass is 512 g/mol. The summed E-state index contributed by atoms with van der Waals surface area (Å²) in [7, 11) is 3.16. The first kappa shape index (κ1) is 30.4. The van der Waals surface area contributed by atoms with Gasteiger partial charge in [-0.3, -0.25) is 9.59 Å². The van der Waals surface area contributed by atoms with Gasteiger partial charge in [-0.15, -0.1) is 0 Å². The van der Waals surface area contributed by atoms with Crippen LogP contribution in [0.2, 0.25) is 0 Å². The maximum atomic E-state index is 12.5. The molecule has 0 amide bonds. The molecule has 0 spiro atoms. The fourth-order valence-corrected chi connectivity index (χ4v) is 3.86. The second-order valence-corrected chi connectivity index (χ2v) is 11.3. The average Bonchev–Trinajstić information content (AvgIpc) is 3.00. The van der Waals surface area contributed by atoms with E-state index in [-0.39, 0.29) is 18.8 Å². The molecule has 1 fully saturated rings. The largest absolute Gasteiger partial charge is 0.461 e. The Kier molecular flexibility index (Phi) is 11.1. The van der Waals surface area contributed by atoms with Gasteiger partial charge in [-0.05, 0) is 60.5 Å². The van der Waals surface area contributed by atoms with E-state index < -0.39 is 53.3 Å². The number of carbonyl (C=O) groups is 2. The van der Waals surface area contributed by atoms with Gasteiger partial charge in [-0.25, -0.2) is 0 Å². The highest BCUT2D eigenvalue weighted by Gasteiger charge is 2.46. The van der Waals surface area contributed by atoms with Crippen LogP contribution in [0.1, 0.15) is 54.4 Å². The topological polar surface area (TPSA) is 110 Å². The van der Waals surface area contributed by atoms with Crippen LogP contribution in [-0.4, -0.2) is 87.2 Å². The fourth-order valence-electron chi connectivity index (χ4n) is 3.86. The summed E-state index contributed by atoms with van der Waals surface area (Å²) in [6, 6.07) is 0. The smallest absolute Gasteiger partial charge is 0.311 e. The van der Waals surface area contributed by atoms with Crippen LogP contribution in [0.5, 0.6) is 0 Å². The number of rotatable bonds is 9. The van der Waals surface area contributed by atoms with Crippen molar-refractivity contribution in [2.24, 2.45) is 10.8 Å². The van der Waals surface area contributed by atoms with Gasteiger partial charge in [0.05, 0.1) is 29.1 Å². The highest BCUT2D eigenvalue weighted by molar-refractivity contribution is 5.76.